The second kappa shape index (κ2) is 4.51. The third-order valence-corrected chi connectivity index (χ3v) is 3.03. The van der Waals surface area contributed by atoms with E-state index in [0.29, 0.717) is 31.2 Å². The predicted molar refractivity (Wildman–Crippen MR) is 54.4 cm³/mol. The Balaban J connectivity index is 2.10. The summed E-state index contributed by atoms with van der Waals surface area (Å²) in [6, 6.07) is 2.07. The molecule has 16 heavy (non-hydrogen) atoms. The Morgan fingerprint density at radius 1 is 1.56 bits per heavy atom. The normalized spacial score (nSPS) is 18.7. The molecule has 0 radical (unpaired) electrons. The standard InChI is InChI=1S/C8H9N5O2S/c9-5-8(1-3-15-4-2-8)6(14)10-7-11-12-13-16-7/h1-4H2,(H,10,11,13,14). The molecule has 1 aliphatic rings. The summed E-state index contributed by atoms with van der Waals surface area (Å²) < 4.78 is 8.67. The van der Waals surface area contributed by atoms with Crippen molar-refractivity contribution in [1.29, 1.82) is 5.26 Å². The molecule has 0 aliphatic carbocycles. The fourth-order valence-electron chi connectivity index (χ4n) is 1.51. The molecule has 1 aliphatic heterocycles. The van der Waals surface area contributed by atoms with E-state index in [1.807, 2.05) is 0 Å². The maximum atomic E-state index is 11.9. The second-order valence-corrected chi connectivity index (χ2v) is 4.16. The number of rotatable bonds is 2. The van der Waals surface area contributed by atoms with Crippen LogP contribution in [0.4, 0.5) is 5.13 Å². The number of aromatic nitrogens is 3. The molecular weight excluding hydrogens is 230 g/mol. The van der Waals surface area contributed by atoms with Crippen molar-refractivity contribution in [3.8, 4) is 6.07 Å². The summed E-state index contributed by atoms with van der Waals surface area (Å²) in [5.74, 6) is -0.350. The molecule has 1 amide bonds. The van der Waals surface area contributed by atoms with Crippen LogP contribution in [0, 0.1) is 16.7 Å². The number of hydrogen-bond acceptors (Lipinski definition) is 7. The minimum atomic E-state index is -1.01. The Morgan fingerprint density at radius 2 is 2.31 bits per heavy atom. The summed E-state index contributed by atoms with van der Waals surface area (Å²) in [6.07, 6.45) is 0.809. The van der Waals surface area contributed by atoms with E-state index in [4.69, 9.17) is 10.00 Å². The van der Waals surface area contributed by atoms with E-state index in [9.17, 15) is 4.79 Å². The lowest BCUT2D eigenvalue weighted by Gasteiger charge is -2.28. The molecule has 0 saturated carbocycles. The van der Waals surface area contributed by atoms with Crippen molar-refractivity contribution >= 4 is 22.6 Å². The van der Waals surface area contributed by atoms with Crippen LogP contribution in [0.15, 0.2) is 0 Å². The average molecular weight is 239 g/mol. The molecule has 1 fully saturated rings. The molecule has 0 unspecified atom stereocenters. The summed E-state index contributed by atoms with van der Waals surface area (Å²) in [4.78, 5) is 11.9. The molecule has 84 valence electrons. The Hall–Kier alpha value is -1.59. The van der Waals surface area contributed by atoms with E-state index >= 15 is 0 Å². The van der Waals surface area contributed by atoms with Gasteiger partial charge < -0.3 is 4.74 Å². The van der Waals surface area contributed by atoms with Crippen molar-refractivity contribution in [2.24, 2.45) is 5.41 Å². The molecule has 7 nitrogen and oxygen atoms in total. The van der Waals surface area contributed by atoms with Crippen LogP contribution in [0.1, 0.15) is 12.8 Å². The highest BCUT2D eigenvalue weighted by molar-refractivity contribution is 7.09. The van der Waals surface area contributed by atoms with Crippen LogP contribution in [0.5, 0.6) is 0 Å². The van der Waals surface area contributed by atoms with Gasteiger partial charge in [0.25, 0.3) is 0 Å². The molecule has 1 N–H and O–H groups in total. The lowest BCUT2D eigenvalue weighted by molar-refractivity contribution is -0.126. The monoisotopic (exact) mass is 239 g/mol. The summed E-state index contributed by atoms with van der Waals surface area (Å²) >= 11 is 0.980. The highest BCUT2D eigenvalue weighted by Crippen LogP contribution is 2.31. The van der Waals surface area contributed by atoms with Crippen molar-refractivity contribution in [2.75, 3.05) is 18.5 Å². The molecule has 2 heterocycles. The van der Waals surface area contributed by atoms with Gasteiger partial charge in [-0.15, -0.1) is 0 Å². The minimum absolute atomic E-state index is 0.311. The maximum absolute atomic E-state index is 11.9. The lowest BCUT2D eigenvalue weighted by Crippen LogP contribution is -2.39. The van der Waals surface area contributed by atoms with Gasteiger partial charge in [-0.05, 0) is 18.1 Å². The van der Waals surface area contributed by atoms with Gasteiger partial charge in [0.1, 0.15) is 5.41 Å². The highest BCUT2D eigenvalue weighted by Gasteiger charge is 2.40. The molecule has 1 aromatic rings. The molecule has 8 heteroatoms. The van der Waals surface area contributed by atoms with E-state index < -0.39 is 5.41 Å². The molecule has 1 saturated heterocycles. The summed E-state index contributed by atoms with van der Waals surface area (Å²) in [5.41, 5.74) is -1.01. The smallest absolute Gasteiger partial charge is 0.246 e. The zero-order valence-electron chi connectivity index (χ0n) is 8.34. The molecule has 0 bridgehead atoms. The first-order valence-corrected chi connectivity index (χ1v) is 5.50. The highest BCUT2D eigenvalue weighted by atomic mass is 32.1. The van der Waals surface area contributed by atoms with Crippen LogP contribution in [0.3, 0.4) is 0 Å². The van der Waals surface area contributed by atoms with Gasteiger partial charge in [0.2, 0.25) is 11.0 Å². The number of carbonyl (C=O) groups excluding carboxylic acids is 1. The number of anilines is 1. The van der Waals surface area contributed by atoms with Crippen LogP contribution in [-0.4, -0.2) is 33.9 Å². The van der Waals surface area contributed by atoms with Crippen LogP contribution < -0.4 is 5.32 Å². The molecule has 1 aromatic heterocycles. The van der Waals surface area contributed by atoms with Gasteiger partial charge in [0, 0.05) is 24.7 Å². The third-order valence-electron chi connectivity index (χ3n) is 2.51. The molecule has 0 aromatic carbocycles. The fraction of sp³-hybridized carbons (Fsp3) is 0.625. The van der Waals surface area contributed by atoms with Gasteiger partial charge >= 0.3 is 0 Å². The number of hydrogen-bond donors (Lipinski definition) is 1. The van der Waals surface area contributed by atoms with Crippen molar-refractivity contribution in [2.45, 2.75) is 12.8 Å². The number of nitriles is 1. The molecular formula is C8H9N5O2S. The van der Waals surface area contributed by atoms with Crippen LogP contribution in [0.2, 0.25) is 0 Å². The number of amides is 1. The summed E-state index contributed by atoms with van der Waals surface area (Å²) in [7, 11) is 0. The largest absolute Gasteiger partial charge is 0.381 e. The predicted octanol–water partition coefficient (Wildman–Crippen LogP) is 0.192. The molecule has 2 rings (SSSR count). The van der Waals surface area contributed by atoms with Gasteiger partial charge in [0.15, 0.2) is 0 Å². The van der Waals surface area contributed by atoms with Crippen molar-refractivity contribution in [1.82, 2.24) is 14.8 Å². The fourth-order valence-corrected chi connectivity index (χ4v) is 1.87. The van der Waals surface area contributed by atoms with Gasteiger partial charge in [-0.1, -0.05) is 9.59 Å². The van der Waals surface area contributed by atoms with Gasteiger partial charge in [-0.25, -0.2) is 0 Å². The first-order valence-electron chi connectivity index (χ1n) is 4.72. The van der Waals surface area contributed by atoms with E-state index in [1.54, 1.807) is 0 Å². The number of ether oxygens (including phenoxy) is 1. The van der Waals surface area contributed by atoms with E-state index in [2.05, 4.69) is 26.2 Å². The first-order chi connectivity index (χ1) is 7.77. The second-order valence-electron chi connectivity index (χ2n) is 3.43. The van der Waals surface area contributed by atoms with Gasteiger partial charge in [-0.3, -0.25) is 10.1 Å². The van der Waals surface area contributed by atoms with E-state index in [-0.39, 0.29) is 5.91 Å². The SMILES string of the molecule is N#CC1(C(=O)Nc2nnns2)CCOCC1. The van der Waals surface area contributed by atoms with E-state index in [1.165, 1.54) is 0 Å². The Labute approximate surface area is 95.6 Å². The van der Waals surface area contributed by atoms with Crippen molar-refractivity contribution in [3.05, 3.63) is 0 Å². The zero-order chi connectivity index (χ0) is 11.4. The van der Waals surface area contributed by atoms with Gasteiger partial charge in [0.05, 0.1) is 6.07 Å². The Morgan fingerprint density at radius 3 is 2.88 bits per heavy atom. The average Bonchev–Trinajstić information content (AvgIpc) is 2.82. The lowest BCUT2D eigenvalue weighted by atomic mass is 9.81. The molecule has 0 atom stereocenters. The van der Waals surface area contributed by atoms with Crippen LogP contribution >= 0.6 is 11.5 Å². The Bertz CT molecular complexity index is 407. The molecule has 0 spiro atoms. The zero-order valence-corrected chi connectivity index (χ0v) is 9.16. The Kier molecular flexibility index (Phi) is 3.07. The minimum Gasteiger partial charge on any atom is -0.381 e. The summed E-state index contributed by atoms with van der Waals surface area (Å²) in [5, 5.41) is 19.0. The van der Waals surface area contributed by atoms with Crippen LogP contribution in [-0.2, 0) is 9.53 Å². The first kappa shape index (κ1) is 10.9. The third kappa shape index (κ3) is 2.00. The van der Waals surface area contributed by atoms with Crippen molar-refractivity contribution < 1.29 is 9.53 Å². The summed E-state index contributed by atoms with van der Waals surface area (Å²) in [6.45, 7) is 0.852. The van der Waals surface area contributed by atoms with Crippen LogP contribution in [0.25, 0.3) is 0 Å². The number of nitrogens with zero attached hydrogens (tertiary/aromatic N) is 4. The quantitative estimate of drug-likeness (QED) is 0.790. The topological polar surface area (TPSA) is 101 Å². The number of carbonyl (C=O) groups is 1. The maximum Gasteiger partial charge on any atom is 0.246 e. The van der Waals surface area contributed by atoms with E-state index in [0.717, 1.165) is 11.5 Å². The van der Waals surface area contributed by atoms with Crippen molar-refractivity contribution in [3.63, 3.8) is 0 Å². The van der Waals surface area contributed by atoms with Gasteiger partial charge in [-0.2, -0.15) is 5.26 Å². The number of nitrogens with one attached hydrogen (secondary N) is 1.